The quantitative estimate of drug-likeness (QED) is 0.897. The molecule has 1 atom stereocenters. The van der Waals surface area contributed by atoms with Crippen LogP contribution >= 0.6 is 0 Å². The van der Waals surface area contributed by atoms with E-state index in [-0.39, 0.29) is 11.4 Å². The maximum Gasteiger partial charge on any atom is 0.573 e. The molecule has 8 heteroatoms. The number of halogens is 3. The predicted octanol–water partition coefficient (Wildman–Crippen LogP) is 3.04. The summed E-state index contributed by atoms with van der Waals surface area (Å²) in [6, 6.07) is 4.15. The number of benzene rings is 1. The summed E-state index contributed by atoms with van der Waals surface area (Å²) >= 11 is 0. The number of hydrogen-bond donors (Lipinski definition) is 2. The highest BCUT2D eigenvalue weighted by Gasteiger charge is 2.39. The Hall–Kier alpha value is -2.25. The molecule has 1 aromatic carbocycles. The maximum absolute atomic E-state index is 12.5. The minimum Gasteiger partial charge on any atom is -0.405 e. The number of carbonyl (C=O) groups excluding carboxylic acids is 1. The number of urea groups is 1. The summed E-state index contributed by atoms with van der Waals surface area (Å²) in [5.74, 6) is -0.566. The van der Waals surface area contributed by atoms with Crippen LogP contribution in [0.3, 0.4) is 0 Å². The number of nitrogens with zero attached hydrogens (tertiary/aromatic N) is 1. The average Bonchev–Trinajstić information content (AvgIpc) is 2.64. The highest BCUT2D eigenvalue weighted by Crippen LogP contribution is 2.35. The number of nitrogens with one attached hydrogen (secondary N) is 2. The standard InChI is InChI=1S/C13H14F3N3O2/c1-2-7-19-10(11(17)18-12(19)20)8-5-3-4-6-9(8)21-13(14,15)16/h3-6,10H,2,7H2,1H3,(H2,17,18,20). The second-order valence-electron chi connectivity index (χ2n) is 4.53. The van der Waals surface area contributed by atoms with E-state index in [0.717, 1.165) is 0 Å². The summed E-state index contributed by atoms with van der Waals surface area (Å²) in [7, 11) is 0. The number of hydrogen-bond acceptors (Lipinski definition) is 3. The topological polar surface area (TPSA) is 65.4 Å². The molecule has 0 radical (unpaired) electrons. The van der Waals surface area contributed by atoms with Gasteiger partial charge in [0.25, 0.3) is 0 Å². The van der Waals surface area contributed by atoms with Crippen molar-refractivity contribution in [2.75, 3.05) is 6.54 Å². The normalized spacial score (nSPS) is 18.9. The van der Waals surface area contributed by atoms with Crippen LogP contribution in [0.25, 0.3) is 0 Å². The number of amides is 2. The third kappa shape index (κ3) is 3.26. The van der Waals surface area contributed by atoms with Gasteiger partial charge in [-0.2, -0.15) is 0 Å². The van der Waals surface area contributed by atoms with Crippen LogP contribution in [0, 0.1) is 5.41 Å². The number of carbonyl (C=O) groups is 1. The van der Waals surface area contributed by atoms with E-state index in [1.165, 1.54) is 23.1 Å². The molecule has 1 saturated heterocycles. The second kappa shape index (κ2) is 5.63. The van der Waals surface area contributed by atoms with Crippen LogP contribution in [-0.4, -0.2) is 29.7 Å². The van der Waals surface area contributed by atoms with Crippen molar-refractivity contribution in [2.45, 2.75) is 25.7 Å². The smallest absolute Gasteiger partial charge is 0.405 e. The van der Waals surface area contributed by atoms with Gasteiger partial charge in [0, 0.05) is 12.1 Å². The fourth-order valence-corrected chi connectivity index (χ4v) is 2.25. The highest BCUT2D eigenvalue weighted by molar-refractivity contribution is 6.06. The van der Waals surface area contributed by atoms with Crippen molar-refractivity contribution in [3.8, 4) is 5.75 Å². The monoisotopic (exact) mass is 301 g/mol. The SMILES string of the molecule is CCCN1C(=O)NC(=N)C1c1ccccc1OC(F)(F)F. The molecular formula is C13H14F3N3O2. The first-order chi connectivity index (χ1) is 9.83. The molecule has 1 aliphatic rings. The van der Waals surface area contributed by atoms with Crippen LogP contribution in [0.1, 0.15) is 24.9 Å². The van der Waals surface area contributed by atoms with Gasteiger partial charge in [-0.1, -0.05) is 25.1 Å². The number of amidine groups is 1. The van der Waals surface area contributed by atoms with E-state index in [1.54, 1.807) is 6.07 Å². The minimum absolute atomic E-state index is 0.131. The van der Waals surface area contributed by atoms with Gasteiger partial charge in [0.05, 0.1) is 0 Å². The Morgan fingerprint density at radius 2 is 2.05 bits per heavy atom. The van der Waals surface area contributed by atoms with E-state index in [4.69, 9.17) is 5.41 Å². The lowest BCUT2D eigenvalue weighted by molar-refractivity contribution is -0.275. The molecule has 0 spiro atoms. The Bertz CT molecular complexity index is 560. The van der Waals surface area contributed by atoms with E-state index >= 15 is 0 Å². The molecule has 2 N–H and O–H groups in total. The molecule has 0 saturated carbocycles. The molecule has 21 heavy (non-hydrogen) atoms. The summed E-state index contributed by atoms with van der Waals surface area (Å²) < 4.78 is 41.4. The first-order valence-corrected chi connectivity index (χ1v) is 6.34. The molecule has 1 heterocycles. The van der Waals surface area contributed by atoms with Crippen LogP contribution < -0.4 is 10.1 Å². The molecule has 1 fully saturated rings. The van der Waals surface area contributed by atoms with Crippen molar-refractivity contribution in [3.63, 3.8) is 0 Å². The number of ether oxygens (including phenoxy) is 1. The molecule has 0 aliphatic carbocycles. The van der Waals surface area contributed by atoms with Crippen LogP contribution in [0.15, 0.2) is 24.3 Å². The number of para-hydroxylation sites is 1. The summed E-state index contributed by atoms with van der Waals surface area (Å²) in [5.41, 5.74) is 0.131. The molecule has 1 unspecified atom stereocenters. The molecule has 1 aliphatic heterocycles. The summed E-state index contributed by atoms with van der Waals surface area (Å²) in [5, 5.41) is 10.1. The lowest BCUT2D eigenvalue weighted by Gasteiger charge is -2.24. The zero-order valence-electron chi connectivity index (χ0n) is 11.2. The van der Waals surface area contributed by atoms with Gasteiger partial charge in [0.15, 0.2) is 0 Å². The second-order valence-corrected chi connectivity index (χ2v) is 4.53. The number of rotatable bonds is 4. The van der Waals surface area contributed by atoms with Crippen LogP contribution in [-0.2, 0) is 0 Å². The fraction of sp³-hybridized carbons (Fsp3) is 0.385. The molecule has 1 aromatic rings. The first kappa shape index (κ1) is 15.1. The molecule has 2 amide bonds. The Kier molecular flexibility index (Phi) is 4.06. The molecule has 2 rings (SSSR count). The largest absolute Gasteiger partial charge is 0.573 e. The van der Waals surface area contributed by atoms with E-state index in [0.29, 0.717) is 13.0 Å². The fourth-order valence-electron chi connectivity index (χ4n) is 2.25. The van der Waals surface area contributed by atoms with Crippen molar-refractivity contribution < 1.29 is 22.7 Å². The van der Waals surface area contributed by atoms with Gasteiger partial charge in [-0.3, -0.25) is 10.7 Å². The van der Waals surface area contributed by atoms with Crippen LogP contribution in [0.2, 0.25) is 0 Å². The van der Waals surface area contributed by atoms with Crippen LogP contribution in [0.5, 0.6) is 5.75 Å². The van der Waals surface area contributed by atoms with Gasteiger partial charge in [-0.05, 0) is 12.5 Å². The maximum atomic E-state index is 12.5. The van der Waals surface area contributed by atoms with E-state index in [9.17, 15) is 18.0 Å². The Morgan fingerprint density at radius 1 is 1.38 bits per heavy atom. The molecule has 0 bridgehead atoms. The summed E-state index contributed by atoms with van der Waals surface area (Å²) in [6.45, 7) is 2.17. The van der Waals surface area contributed by atoms with Gasteiger partial charge in [0.1, 0.15) is 17.6 Å². The van der Waals surface area contributed by atoms with Gasteiger partial charge < -0.3 is 9.64 Å². The van der Waals surface area contributed by atoms with Gasteiger partial charge in [0.2, 0.25) is 0 Å². The van der Waals surface area contributed by atoms with Gasteiger partial charge in [-0.25, -0.2) is 4.79 Å². The predicted molar refractivity (Wildman–Crippen MR) is 69.1 cm³/mol. The Balaban J connectivity index is 2.40. The van der Waals surface area contributed by atoms with E-state index in [1.807, 2.05) is 6.92 Å². The van der Waals surface area contributed by atoms with Crippen molar-refractivity contribution in [1.29, 1.82) is 5.41 Å². The zero-order valence-corrected chi connectivity index (χ0v) is 11.2. The molecule has 114 valence electrons. The summed E-state index contributed by atoms with van der Waals surface area (Å²) in [4.78, 5) is 13.1. The lowest BCUT2D eigenvalue weighted by Crippen LogP contribution is -2.31. The summed E-state index contributed by atoms with van der Waals surface area (Å²) in [6.07, 6.45) is -4.20. The Morgan fingerprint density at radius 3 is 2.67 bits per heavy atom. The van der Waals surface area contributed by atoms with Crippen molar-refractivity contribution in [2.24, 2.45) is 0 Å². The average molecular weight is 301 g/mol. The zero-order chi connectivity index (χ0) is 15.6. The molecular weight excluding hydrogens is 287 g/mol. The Labute approximate surface area is 119 Å². The van der Waals surface area contributed by atoms with E-state index < -0.39 is 24.2 Å². The third-order valence-corrected chi connectivity index (χ3v) is 2.99. The van der Waals surface area contributed by atoms with E-state index in [2.05, 4.69) is 10.1 Å². The lowest BCUT2D eigenvalue weighted by atomic mass is 10.0. The molecule has 5 nitrogen and oxygen atoms in total. The van der Waals surface area contributed by atoms with Crippen molar-refractivity contribution in [3.05, 3.63) is 29.8 Å². The van der Waals surface area contributed by atoms with Crippen molar-refractivity contribution in [1.82, 2.24) is 10.2 Å². The first-order valence-electron chi connectivity index (χ1n) is 6.34. The number of alkyl halides is 3. The minimum atomic E-state index is -4.83. The molecule has 0 aromatic heterocycles. The highest BCUT2D eigenvalue weighted by atomic mass is 19.4. The van der Waals surface area contributed by atoms with Crippen LogP contribution in [0.4, 0.5) is 18.0 Å². The van der Waals surface area contributed by atoms with Crippen molar-refractivity contribution >= 4 is 11.9 Å². The van der Waals surface area contributed by atoms with Gasteiger partial charge in [-0.15, -0.1) is 13.2 Å². The third-order valence-electron chi connectivity index (χ3n) is 2.99. The van der Waals surface area contributed by atoms with Gasteiger partial charge >= 0.3 is 12.4 Å².